The summed E-state index contributed by atoms with van der Waals surface area (Å²) >= 11 is 0. The van der Waals surface area contributed by atoms with Gasteiger partial charge in [0.1, 0.15) is 11.4 Å². The first kappa shape index (κ1) is 15.6. The van der Waals surface area contributed by atoms with Gasteiger partial charge in [0.05, 0.1) is 31.1 Å². The van der Waals surface area contributed by atoms with Crippen LogP contribution in [0.5, 0.6) is 5.75 Å². The molecular weight excluding hydrogens is 306 g/mol. The summed E-state index contributed by atoms with van der Waals surface area (Å²) in [6, 6.07) is 5.97. The van der Waals surface area contributed by atoms with Crippen LogP contribution in [0.15, 0.2) is 18.2 Å². The summed E-state index contributed by atoms with van der Waals surface area (Å²) in [4.78, 5) is 27.3. The number of nitrogens with zero attached hydrogens (tertiary/aromatic N) is 1. The topological polar surface area (TPSA) is 55.8 Å². The third-order valence-electron chi connectivity index (χ3n) is 5.71. The van der Waals surface area contributed by atoms with E-state index in [1.165, 1.54) is 0 Å². The molecule has 1 aromatic carbocycles. The molecule has 3 aliphatic rings. The number of rotatable bonds is 3. The quantitative estimate of drug-likeness (QED) is 0.855. The van der Waals surface area contributed by atoms with Crippen molar-refractivity contribution in [2.75, 3.05) is 13.7 Å². The van der Waals surface area contributed by atoms with Crippen LogP contribution in [0.1, 0.15) is 48.0 Å². The number of Topliss-reactive ketones (excluding diaryl/α,β-unsaturated/α-hetero) is 1. The molecule has 5 nitrogen and oxygen atoms in total. The average Bonchev–Trinajstić information content (AvgIpc) is 3.09. The van der Waals surface area contributed by atoms with Crippen molar-refractivity contribution in [3.8, 4) is 5.75 Å². The molecule has 1 amide bonds. The molecule has 3 aliphatic heterocycles. The van der Waals surface area contributed by atoms with Gasteiger partial charge in [-0.3, -0.25) is 9.59 Å². The molecule has 128 valence electrons. The molecule has 24 heavy (non-hydrogen) atoms. The van der Waals surface area contributed by atoms with Crippen molar-refractivity contribution in [3.05, 3.63) is 29.3 Å². The number of aryl methyl sites for hydroxylation is 1. The van der Waals surface area contributed by atoms with Gasteiger partial charge in [0.2, 0.25) is 5.91 Å². The summed E-state index contributed by atoms with van der Waals surface area (Å²) in [7, 11) is 1.61. The fourth-order valence-electron chi connectivity index (χ4n) is 4.70. The first-order chi connectivity index (χ1) is 11.5. The Labute approximate surface area is 141 Å². The fourth-order valence-corrected chi connectivity index (χ4v) is 4.70. The molecule has 3 atom stereocenters. The summed E-state index contributed by atoms with van der Waals surface area (Å²) < 4.78 is 11.4. The van der Waals surface area contributed by atoms with E-state index in [1.54, 1.807) is 7.11 Å². The van der Waals surface area contributed by atoms with E-state index in [0.29, 0.717) is 30.8 Å². The van der Waals surface area contributed by atoms with Gasteiger partial charge in [-0.15, -0.1) is 0 Å². The van der Waals surface area contributed by atoms with Crippen molar-refractivity contribution in [1.82, 2.24) is 4.90 Å². The summed E-state index contributed by atoms with van der Waals surface area (Å²) in [6.45, 7) is 2.41. The standard InChI is InChI=1S/C19H23NO4/c1-12-3-5-16-14(9-12)15(21)11-19(24-16)10-13-4-6-17(19)20(13)18(22)7-8-23-2/h3,5,9,13,17H,4,6-8,10-11H2,1-2H3/t13-,17-,19-/m0/s1. The van der Waals surface area contributed by atoms with Gasteiger partial charge in [-0.1, -0.05) is 11.6 Å². The van der Waals surface area contributed by atoms with Crippen molar-refractivity contribution in [2.45, 2.75) is 56.7 Å². The lowest BCUT2D eigenvalue weighted by Gasteiger charge is -2.40. The van der Waals surface area contributed by atoms with E-state index in [2.05, 4.69) is 0 Å². The molecule has 3 heterocycles. The van der Waals surface area contributed by atoms with Gasteiger partial charge < -0.3 is 14.4 Å². The minimum Gasteiger partial charge on any atom is -0.484 e. The number of carbonyl (C=O) groups excluding carboxylic acids is 2. The second kappa shape index (κ2) is 5.59. The van der Waals surface area contributed by atoms with Gasteiger partial charge in [-0.25, -0.2) is 0 Å². The Kier molecular flexibility index (Phi) is 3.64. The van der Waals surface area contributed by atoms with E-state index >= 15 is 0 Å². The normalized spacial score (nSPS) is 30.6. The van der Waals surface area contributed by atoms with Crippen LogP contribution in [0.2, 0.25) is 0 Å². The molecule has 2 bridgehead atoms. The molecule has 0 aliphatic carbocycles. The summed E-state index contributed by atoms with van der Waals surface area (Å²) in [5.74, 6) is 0.928. The lowest BCUT2D eigenvalue weighted by atomic mass is 9.78. The molecule has 0 N–H and O–H groups in total. The Morgan fingerprint density at radius 2 is 2.25 bits per heavy atom. The molecule has 2 saturated heterocycles. The number of benzene rings is 1. The molecule has 0 saturated carbocycles. The smallest absolute Gasteiger partial charge is 0.225 e. The highest BCUT2D eigenvalue weighted by Gasteiger charge is 2.61. The minimum atomic E-state index is -0.537. The van der Waals surface area contributed by atoms with Gasteiger partial charge >= 0.3 is 0 Å². The van der Waals surface area contributed by atoms with E-state index in [1.807, 2.05) is 30.0 Å². The molecular formula is C19H23NO4. The van der Waals surface area contributed by atoms with E-state index < -0.39 is 5.60 Å². The zero-order valence-corrected chi connectivity index (χ0v) is 14.2. The maximum atomic E-state index is 12.7. The van der Waals surface area contributed by atoms with Crippen molar-refractivity contribution < 1.29 is 19.1 Å². The second-order valence-corrected chi connectivity index (χ2v) is 7.26. The van der Waals surface area contributed by atoms with Crippen LogP contribution in [-0.4, -0.2) is 48.0 Å². The van der Waals surface area contributed by atoms with E-state index in [-0.39, 0.29) is 23.8 Å². The number of fused-ring (bicyclic) bond motifs is 4. The van der Waals surface area contributed by atoms with Gasteiger partial charge in [0.25, 0.3) is 0 Å². The first-order valence-electron chi connectivity index (χ1n) is 8.67. The summed E-state index contributed by atoms with van der Waals surface area (Å²) in [5, 5.41) is 0. The molecule has 1 spiro atoms. The summed E-state index contributed by atoms with van der Waals surface area (Å²) in [6.07, 6.45) is 3.44. The van der Waals surface area contributed by atoms with E-state index in [9.17, 15) is 9.59 Å². The Morgan fingerprint density at radius 1 is 1.42 bits per heavy atom. The minimum absolute atomic E-state index is 0.00487. The van der Waals surface area contributed by atoms with Crippen molar-refractivity contribution in [3.63, 3.8) is 0 Å². The number of ether oxygens (including phenoxy) is 2. The van der Waals surface area contributed by atoms with Crippen LogP contribution >= 0.6 is 0 Å². The molecule has 2 fully saturated rings. The lowest BCUT2D eigenvalue weighted by molar-refractivity contribution is -0.134. The van der Waals surface area contributed by atoms with Crippen LogP contribution in [0, 0.1) is 6.92 Å². The van der Waals surface area contributed by atoms with E-state index in [0.717, 1.165) is 24.8 Å². The number of ketones is 1. The number of amides is 1. The van der Waals surface area contributed by atoms with Crippen molar-refractivity contribution >= 4 is 11.7 Å². The second-order valence-electron chi connectivity index (χ2n) is 7.26. The molecule has 5 heteroatoms. The van der Waals surface area contributed by atoms with Crippen LogP contribution in [-0.2, 0) is 9.53 Å². The highest BCUT2D eigenvalue weighted by atomic mass is 16.5. The third kappa shape index (κ3) is 2.25. The highest BCUT2D eigenvalue weighted by Crippen LogP contribution is 2.51. The van der Waals surface area contributed by atoms with Gasteiger partial charge in [-0.05, 0) is 31.9 Å². The maximum absolute atomic E-state index is 12.7. The first-order valence-corrected chi connectivity index (χ1v) is 8.67. The highest BCUT2D eigenvalue weighted by molar-refractivity contribution is 6.00. The van der Waals surface area contributed by atoms with Crippen LogP contribution in [0.4, 0.5) is 0 Å². The Hall–Kier alpha value is -1.88. The predicted octanol–water partition coefficient (Wildman–Crippen LogP) is 2.50. The Bertz CT molecular complexity index is 701. The lowest BCUT2D eigenvalue weighted by Crippen LogP contribution is -2.52. The predicted molar refractivity (Wildman–Crippen MR) is 88.3 cm³/mol. The molecule has 0 unspecified atom stereocenters. The Morgan fingerprint density at radius 3 is 3.04 bits per heavy atom. The monoisotopic (exact) mass is 329 g/mol. The average molecular weight is 329 g/mol. The maximum Gasteiger partial charge on any atom is 0.225 e. The van der Waals surface area contributed by atoms with Gasteiger partial charge in [-0.2, -0.15) is 0 Å². The number of hydrogen-bond acceptors (Lipinski definition) is 4. The summed E-state index contributed by atoms with van der Waals surface area (Å²) in [5.41, 5.74) is 1.21. The molecule has 0 radical (unpaired) electrons. The molecule has 4 rings (SSSR count). The molecule has 0 aromatic heterocycles. The van der Waals surface area contributed by atoms with Gasteiger partial charge in [0, 0.05) is 19.6 Å². The SMILES string of the molecule is COCCC(=O)N1[C@H]2CC[C@H]1[C@@]1(CC(=O)c3cc(C)ccc3O1)C2. The molecule has 1 aromatic rings. The number of carbonyl (C=O) groups is 2. The zero-order valence-electron chi connectivity index (χ0n) is 14.2. The fraction of sp³-hybridized carbons (Fsp3) is 0.579. The van der Waals surface area contributed by atoms with Crippen LogP contribution in [0.25, 0.3) is 0 Å². The third-order valence-corrected chi connectivity index (χ3v) is 5.71. The van der Waals surface area contributed by atoms with E-state index in [4.69, 9.17) is 9.47 Å². The largest absolute Gasteiger partial charge is 0.484 e. The number of methoxy groups -OCH3 is 1. The van der Waals surface area contributed by atoms with Crippen molar-refractivity contribution in [1.29, 1.82) is 0 Å². The van der Waals surface area contributed by atoms with Crippen LogP contribution in [0.3, 0.4) is 0 Å². The number of hydrogen-bond donors (Lipinski definition) is 0. The Balaban J connectivity index is 1.62. The zero-order chi connectivity index (χ0) is 16.9. The van der Waals surface area contributed by atoms with Crippen LogP contribution < -0.4 is 4.74 Å². The van der Waals surface area contributed by atoms with Gasteiger partial charge in [0.15, 0.2) is 5.78 Å². The van der Waals surface area contributed by atoms with Crippen molar-refractivity contribution in [2.24, 2.45) is 0 Å².